The summed E-state index contributed by atoms with van der Waals surface area (Å²) < 4.78 is 5.30. The molecule has 0 spiro atoms. The molecule has 2 saturated heterocycles. The van der Waals surface area contributed by atoms with Gasteiger partial charge in [-0.05, 0) is 57.1 Å². The van der Waals surface area contributed by atoms with Crippen LogP contribution < -0.4 is 4.90 Å². The number of para-hydroxylation sites is 1. The first-order valence-corrected chi connectivity index (χ1v) is 11.6. The van der Waals surface area contributed by atoms with Gasteiger partial charge in [-0.15, -0.1) is 0 Å². The van der Waals surface area contributed by atoms with Crippen molar-refractivity contribution in [2.24, 2.45) is 5.92 Å². The zero-order valence-electron chi connectivity index (χ0n) is 18.5. The molecule has 2 fully saturated rings. The second-order valence-electron chi connectivity index (χ2n) is 9.13. The predicted molar refractivity (Wildman–Crippen MR) is 118 cm³/mol. The molecule has 1 aromatic rings. The van der Waals surface area contributed by atoms with Crippen molar-refractivity contribution >= 4 is 17.7 Å². The summed E-state index contributed by atoms with van der Waals surface area (Å²) >= 11 is 0. The smallest absolute Gasteiger partial charge is 0.410 e. The van der Waals surface area contributed by atoms with Crippen LogP contribution in [0.2, 0.25) is 0 Å². The Labute approximate surface area is 180 Å². The molecule has 0 radical (unpaired) electrons. The Balaban J connectivity index is 1.36. The first kappa shape index (κ1) is 21.2. The number of rotatable bonds is 5. The lowest BCUT2D eigenvalue weighted by molar-refractivity contribution is -0.117. The van der Waals surface area contributed by atoms with Crippen molar-refractivity contribution in [3.8, 4) is 0 Å². The fourth-order valence-electron chi connectivity index (χ4n) is 5.82. The van der Waals surface area contributed by atoms with E-state index in [0.29, 0.717) is 18.9 Å². The van der Waals surface area contributed by atoms with E-state index >= 15 is 0 Å². The number of carbonyl (C=O) groups excluding carboxylic acids is 2. The number of amides is 2. The molecule has 6 heteroatoms. The largest absolute Gasteiger partial charge is 0.450 e. The highest BCUT2D eigenvalue weighted by Gasteiger charge is 2.40. The van der Waals surface area contributed by atoms with E-state index in [1.54, 1.807) is 0 Å². The molecule has 30 heavy (non-hydrogen) atoms. The summed E-state index contributed by atoms with van der Waals surface area (Å²) in [5, 5.41) is 0. The van der Waals surface area contributed by atoms with Crippen LogP contribution >= 0.6 is 0 Å². The summed E-state index contributed by atoms with van der Waals surface area (Å²) in [4.78, 5) is 31.6. The number of nitrogens with zero attached hydrogens (tertiary/aromatic N) is 3. The molecule has 4 atom stereocenters. The quantitative estimate of drug-likeness (QED) is 0.739. The van der Waals surface area contributed by atoms with E-state index in [1.165, 1.54) is 0 Å². The Bertz CT molecular complexity index is 783. The third kappa shape index (κ3) is 4.07. The van der Waals surface area contributed by atoms with Crippen LogP contribution in [0.1, 0.15) is 52.0 Å². The molecule has 0 N–H and O–H groups in total. The van der Waals surface area contributed by atoms with Crippen LogP contribution in [0.5, 0.6) is 0 Å². The number of likely N-dealkylation sites (tertiary alicyclic amines) is 2. The van der Waals surface area contributed by atoms with Gasteiger partial charge < -0.3 is 19.4 Å². The molecule has 0 bridgehead atoms. The lowest BCUT2D eigenvalue weighted by atomic mass is 9.85. The molecule has 2 amide bonds. The molecule has 4 rings (SSSR count). The molecular weight excluding hydrogens is 378 g/mol. The maximum absolute atomic E-state index is 12.7. The van der Waals surface area contributed by atoms with Crippen molar-refractivity contribution in [1.29, 1.82) is 0 Å². The number of anilines is 1. The minimum absolute atomic E-state index is 0.164. The molecule has 0 saturated carbocycles. The first-order chi connectivity index (χ1) is 14.5. The first-order valence-electron chi connectivity index (χ1n) is 11.6. The Morgan fingerprint density at radius 3 is 2.77 bits per heavy atom. The fraction of sp³-hybridized carbons (Fsp3) is 0.667. The SMILES string of the molecule is CCOC(=O)N1C(C)CC(CN2CC[C@H](N3C(=O)Cc4ccccc43)C2)CC1CC. The third-order valence-corrected chi connectivity index (χ3v) is 7.09. The zero-order chi connectivity index (χ0) is 21.3. The number of piperidine rings is 1. The summed E-state index contributed by atoms with van der Waals surface area (Å²) in [6.45, 7) is 9.65. The fourth-order valence-corrected chi connectivity index (χ4v) is 5.82. The maximum atomic E-state index is 12.7. The van der Waals surface area contributed by atoms with Gasteiger partial charge in [0.25, 0.3) is 0 Å². The molecule has 0 aromatic heterocycles. The van der Waals surface area contributed by atoms with Gasteiger partial charge in [-0.25, -0.2) is 4.79 Å². The molecule has 1 aromatic carbocycles. The summed E-state index contributed by atoms with van der Waals surface area (Å²) in [6, 6.07) is 8.94. The van der Waals surface area contributed by atoms with E-state index in [4.69, 9.17) is 4.74 Å². The van der Waals surface area contributed by atoms with Crippen molar-refractivity contribution in [2.75, 3.05) is 31.1 Å². The summed E-state index contributed by atoms with van der Waals surface area (Å²) in [5.74, 6) is 0.821. The van der Waals surface area contributed by atoms with E-state index < -0.39 is 0 Å². The predicted octanol–water partition coefficient (Wildman–Crippen LogP) is 3.69. The van der Waals surface area contributed by atoms with Gasteiger partial charge in [0.1, 0.15) is 0 Å². The average Bonchev–Trinajstić information content (AvgIpc) is 3.30. The molecule has 3 aliphatic heterocycles. The second kappa shape index (κ2) is 8.96. The molecule has 0 aliphatic carbocycles. The summed E-state index contributed by atoms with van der Waals surface area (Å²) in [5.41, 5.74) is 2.27. The number of hydrogen-bond donors (Lipinski definition) is 0. The van der Waals surface area contributed by atoms with Gasteiger partial charge in [0.15, 0.2) is 0 Å². The maximum Gasteiger partial charge on any atom is 0.410 e. The highest BCUT2D eigenvalue weighted by Crippen LogP contribution is 2.35. The van der Waals surface area contributed by atoms with Crippen LogP contribution in [0.15, 0.2) is 24.3 Å². The average molecular weight is 414 g/mol. The third-order valence-electron chi connectivity index (χ3n) is 7.09. The molecule has 3 unspecified atom stereocenters. The van der Waals surface area contributed by atoms with Gasteiger partial charge >= 0.3 is 6.09 Å². The molecule has 3 heterocycles. The zero-order valence-corrected chi connectivity index (χ0v) is 18.5. The molecule has 164 valence electrons. The standard InChI is InChI=1S/C24H35N3O3/c1-4-20-13-18(12-17(3)26(20)24(29)30-5-2)15-25-11-10-21(16-25)27-22-9-7-6-8-19(22)14-23(27)28/h6-9,17-18,20-21H,4-5,10-16H2,1-3H3/t17?,18?,20?,21-/m0/s1. The van der Waals surface area contributed by atoms with Crippen LogP contribution in [0.4, 0.5) is 10.5 Å². The Morgan fingerprint density at radius 1 is 1.20 bits per heavy atom. The molecule has 6 nitrogen and oxygen atoms in total. The molecule has 3 aliphatic rings. The van der Waals surface area contributed by atoms with E-state index in [0.717, 1.165) is 56.6 Å². The number of benzene rings is 1. The Kier molecular flexibility index (Phi) is 6.32. The van der Waals surface area contributed by atoms with Crippen LogP contribution in [-0.2, 0) is 16.0 Å². The highest BCUT2D eigenvalue weighted by atomic mass is 16.6. The number of hydrogen-bond acceptors (Lipinski definition) is 4. The monoisotopic (exact) mass is 413 g/mol. The number of carbonyl (C=O) groups is 2. The van der Waals surface area contributed by atoms with Crippen LogP contribution in [0.25, 0.3) is 0 Å². The van der Waals surface area contributed by atoms with E-state index in [1.807, 2.05) is 24.0 Å². The van der Waals surface area contributed by atoms with Crippen molar-refractivity contribution in [3.63, 3.8) is 0 Å². The lowest BCUT2D eigenvalue weighted by Crippen LogP contribution is -2.52. The normalized spacial score (nSPS) is 29.4. The minimum atomic E-state index is -0.164. The Hall–Kier alpha value is -2.08. The summed E-state index contributed by atoms with van der Waals surface area (Å²) in [6.07, 6.45) is 4.42. The van der Waals surface area contributed by atoms with E-state index in [2.05, 4.69) is 35.8 Å². The van der Waals surface area contributed by atoms with Crippen molar-refractivity contribution in [2.45, 2.75) is 71.0 Å². The number of ether oxygens (including phenoxy) is 1. The minimum Gasteiger partial charge on any atom is -0.450 e. The van der Waals surface area contributed by atoms with Gasteiger partial charge in [-0.2, -0.15) is 0 Å². The Morgan fingerprint density at radius 2 is 2.00 bits per heavy atom. The van der Waals surface area contributed by atoms with Gasteiger partial charge in [0.2, 0.25) is 5.91 Å². The topological polar surface area (TPSA) is 53.1 Å². The van der Waals surface area contributed by atoms with Crippen LogP contribution in [0, 0.1) is 5.92 Å². The second-order valence-corrected chi connectivity index (χ2v) is 9.13. The van der Waals surface area contributed by atoms with Crippen molar-refractivity contribution < 1.29 is 14.3 Å². The van der Waals surface area contributed by atoms with Crippen LogP contribution in [0.3, 0.4) is 0 Å². The lowest BCUT2D eigenvalue weighted by Gasteiger charge is -2.44. The van der Waals surface area contributed by atoms with E-state index in [-0.39, 0.29) is 30.1 Å². The van der Waals surface area contributed by atoms with Gasteiger partial charge in [-0.3, -0.25) is 4.79 Å². The van der Waals surface area contributed by atoms with Gasteiger partial charge in [0.05, 0.1) is 19.1 Å². The van der Waals surface area contributed by atoms with E-state index in [9.17, 15) is 9.59 Å². The van der Waals surface area contributed by atoms with Gasteiger partial charge in [-0.1, -0.05) is 25.1 Å². The van der Waals surface area contributed by atoms with Crippen LogP contribution in [-0.4, -0.2) is 66.2 Å². The van der Waals surface area contributed by atoms with Crippen molar-refractivity contribution in [3.05, 3.63) is 29.8 Å². The van der Waals surface area contributed by atoms with Crippen molar-refractivity contribution in [1.82, 2.24) is 9.80 Å². The van der Waals surface area contributed by atoms with Gasteiger partial charge in [0, 0.05) is 37.4 Å². The highest BCUT2D eigenvalue weighted by molar-refractivity contribution is 6.01. The summed E-state index contributed by atoms with van der Waals surface area (Å²) in [7, 11) is 0. The number of fused-ring (bicyclic) bond motifs is 1. The molecular formula is C24H35N3O3.